The molecule has 2 heteroatoms. The molecule has 0 aromatic heterocycles. The Hall–Kier alpha value is -0.890. The summed E-state index contributed by atoms with van der Waals surface area (Å²) in [5, 5.41) is 0. The molecule has 76 valence electrons. The topological polar surface area (TPSA) is 3.24 Å². The highest BCUT2D eigenvalue weighted by Crippen LogP contribution is 2.26. The molecule has 0 aliphatic carbocycles. The van der Waals surface area contributed by atoms with Crippen molar-refractivity contribution in [2.24, 2.45) is 0 Å². The minimum atomic E-state index is -0.113. The molecule has 2 rings (SSSR count). The maximum atomic E-state index is 13.0. The molecule has 1 heterocycles. The molecule has 1 unspecified atom stereocenters. The summed E-state index contributed by atoms with van der Waals surface area (Å²) < 4.78 is 13.0. The summed E-state index contributed by atoms with van der Waals surface area (Å²) in [5.74, 6) is 0.420. The van der Waals surface area contributed by atoms with Crippen molar-refractivity contribution in [1.29, 1.82) is 0 Å². The second-order valence-electron chi connectivity index (χ2n) is 3.93. The normalized spacial score (nSPS) is 22.9. The third-order valence-electron chi connectivity index (χ3n) is 3.04. The van der Waals surface area contributed by atoms with Crippen LogP contribution in [0.2, 0.25) is 0 Å². The molecule has 1 saturated heterocycles. The predicted molar refractivity (Wildman–Crippen MR) is 55.9 cm³/mol. The van der Waals surface area contributed by atoms with Crippen molar-refractivity contribution >= 4 is 0 Å². The first kappa shape index (κ1) is 9.66. The third kappa shape index (κ3) is 1.95. The van der Waals surface area contributed by atoms with E-state index in [1.807, 2.05) is 6.07 Å². The molecule has 0 spiro atoms. The van der Waals surface area contributed by atoms with E-state index in [9.17, 15) is 4.39 Å². The van der Waals surface area contributed by atoms with Gasteiger partial charge in [0.15, 0.2) is 0 Å². The highest BCUT2D eigenvalue weighted by molar-refractivity contribution is 5.22. The maximum absolute atomic E-state index is 13.0. The van der Waals surface area contributed by atoms with Crippen molar-refractivity contribution in [1.82, 2.24) is 4.90 Å². The molecule has 0 bridgehead atoms. The average Bonchev–Trinajstić information content (AvgIpc) is 2.66. The van der Waals surface area contributed by atoms with Crippen molar-refractivity contribution in [2.45, 2.75) is 19.3 Å². The molecule has 1 aromatic carbocycles. The van der Waals surface area contributed by atoms with Crippen LogP contribution in [0.25, 0.3) is 0 Å². The first-order valence-corrected chi connectivity index (χ1v) is 5.27. The molecule has 1 atom stereocenters. The van der Waals surface area contributed by atoms with Crippen LogP contribution in [0.4, 0.5) is 4.39 Å². The SMILES string of the molecule is CCN1CCC(c2cccc(F)c2)C1. The number of rotatable bonds is 2. The zero-order chi connectivity index (χ0) is 9.97. The Morgan fingerprint density at radius 3 is 3.00 bits per heavy atom. The summed E-state index contributed by atoms with van der Waals surface area (Å²) in [5.41, 5.74) is 1.15. The van der Waals surface area contributed by atoms with Crippen LogP contribution in [-0.4, -0.2) is 24.5 Å². The fraction of sp³-hybridized carbons (Fsp3) is 0.500. The lowest BCUT2D eigenvalue weighted by atomic mass is 9.98. The van der Waals surface area contributed by atoms with Crippen LogP contribution in [0.15, 0.2) is 24.3 Å². The van der Waals surface area contributed by atoms with Gasteiger partial charge >= 0.3 is 0 Å². The van der Waals surface area contributed by atoms with E-state index in [-0.39, 0.29) is 5.82 Å². The Morgan fingerprint density at radius 2 is 2.36 bits per heavy atom. The first-order chi connectivity index (χ1) is 6.79. The van der Waals surface area contributed by atoms with Crippen LogP contribution in [0.3, 0.4) is 0 Å². The largest absolute Gasteiger partial charge is 0.303 e. The summed E-state index contributed by atoms with van der Waals surface area (Å²) in [6.45, 7) is 5.51. The van der Waals surface area contributed by atoms with E-state index in [1.165, 1.54) is 6.07 Å². The highest BCUT2D eigenvalue weighted by atomic mass is 19.1. The monoisotopic (exact) mass is 193 g/mol. The van der Waals surface area contributed by atoms with Gasteiger partial charge in [0.25, 0.3) is 0 Å². The second kappa shape index (κ2) is 4.09. The number of nitrogens with zero attached hydrogens (tertiary/aromatic N) is 1. The summed E-state index contributed by atoms with van der Waals surface area (Å²) in [6.07, 6.45) is 1.16. The lowest BCUT2D eigenvalue weighted by Gasteiger charge is -2.13. The number of likely N-dealkylation sites (N-methyl/N-ethyl adjacent to an activating group) is 1. The third-order valence-corrected chi connectivity index (χ3v) is 3.04. The van der Waals surface area contributed by atoms with E-state index in [0.29, 0.717) is 5.92 Å². The molecule has 14 heavy (non-hydrogen) atoms. The van der Waals surface area contributed by atoms with Crippen molar-refractivity contribution in [2.75, 3.05) is 19.6 Å². The molecule has 1 nitrogen and oxygen atoms in total. The van der Waals surface area contributed by atoms with E-state index in [1.54, 1.807) is 12.1 Å². The van der Waals surface area contributed by atoms with Gasteiger partial charge in [0, 0.05) is 6.54 Å². The van der Waals surface area contributed by atoms with Crippen molar-refractivity contribution in [3.8, 4) is 0 Å². The number of halogens is 1. The Morgan fingerprint density at radius 1 is 1.50 bits per heavy atom. The molecule has 1 aliphatic rings. The van der Waals surface area contributed by atoms with Gasteiger partial charge < -0.3 is 4.90 Å². The summed E-state index contributed by atoms with van der Waals surface area (Å²) in [6, 6.07) is 7.02. The molecule has 0 N–H and O–H groups in total. The zero-order valence-electron chi connectivity index (χ0n) is 8.54. The molecular formula is C12H16FN. The molecule has 0 saturated carbocycles. The fourth-order valence-electron chi connectivity index (χ4n) is 2.15. The van der Waals surface area contributed by atoms with Gasteiger partial charge in [0.2, 0.25) is 0 Å². The number of benzene rings is 1. The van der Waals surface area contributed by atoms with E-state index in [4.69, 9.17) is 0 Å². The van der Waals surface area contributed by atoms with Gasteiger partial charge in [0.1, 0.15) is 5.82 Å². The van der Waals surface area contributed by atoms with Crippen LogP contribution in [0.1, 0.15) is 24.8 Å². The van der Waals surface area contributed by atoms with Crippen LogP contribution >= 0.6 is 0 Å². The van der Waals surface area contributed by atoms with Gasteiger partial charge in [0.05, 0.1) is 0 Å². The standard InChI is InChI=1S/C12H16FN/c1-2-14-7-6-11(9-14)10-4-3-5-12(13)8-10/h3-5,8,11H,2,6-7,9H2,1H3. The Labute approximate surface area is 84.5 Å². The van der Waals surface area contributed by atoms with Gasteiger partial charge in [-0.05, 0) is 43.1 Å². The number of likely N-dealkylation sites (tertiary alicyclic amines) is 1. The van der Waals surface area contributed by atoms with Crippen molar-refractivity contribution in [3.63, 3.8) is 0 Å². The molecular weight excluding hydrogens is 177 g/mol. The van der Waals surface area contributed by atoms with Crippen molar-refractivity contribution < 1.29 is 4.39 Å². The minimum absolute atomic E-state index is 0.113. The van der Waals surface area contributed by atoms with Crippen molar-refractivity contribution in [3.05, 3.63) is 35.6 Å². The highest BCUT2D eigenvalue weighted by Gasteiger charge is 2.22. The van der Waals surface area contributed by atoms with Crippen LogP contribution in [0, 0.1) is 5.82 Å². The van der Waals surface area contributed by atoms with Gasteiger partial charge in [-0.25, -0.2) is 4.39 Å². The smallest absolute Gasteiger partial charge is 0.123 e. The molecule has 0 amide bonds. The van der Waals surface area contributed by atoms with E-state index < -0.39 is 0 Å². The zero-order valence-corrected chi connectivity index (χ0v) is 8.54. The lowest BCUT2D eigenvalue weighted by molar-refractivity contribution is 0.354. The number of hydrogen-bond donors (Lipinski definition) is 0. The quantitative estimate of drug-likeness (QED) is 0.698. The summed E-state index contributed by atoms with van der Waals surface area (Å²) >= 11 is 0. The van der Waals surface area contributed by atoms with Gasteiger partial charge in [-0.15, -0.1) is 0 Å². The average molecular weight is 193 g/mol. The van der Waals surface area contributed by atoms with Gasteiger partial charge in [-0.1, -0.05) is 19.1 Å². The van der Waals surface area contributed by atoms with E-state index >= 15 is 0 Å². The van der Waals surface area contributed by atoms with E-state index in [0.717, 1.165) is 31.6 Å². The van der Waals surface area contributed by atoms with Gasteiger partial charge in [-0.2, -0.15) is 0 Å². The summed E-state index contributed by atoms with van der Waals surface area (Å²) in [7, 11) is 0. The fourth-order valence-corrected chi connectivity index (χ4v) is 2.15. The van der Waals surface area contributed by atoms with Crippen LogP contribution < -0.4 is 0 Å². The minimum Gasteiger partial charge on any atom is -0.303 e. The molecule has 1 fully saturated rings. The second-order valence-corrected chi connectivity index (χ2v) is 3.93. The molecule has 1 aliphatic heterocycles. The predicted octanol–water partition coefficient (Wildman–Crippen LogP) is 2.63. The van der Waals surface area contributed by atoms with Gasteiger partial charge in [-0.3, -0.25) is 0 Å². The van der Waals surface area contributed by atoms with E-state index in [2.05, 4.69) is 11.8 Å². The molecule has 1 aromatic rings. The first-order valence-electron chi connectivity index (χ1n) is 5.27. The Bertz CT molecular complexity index is 311. The Kier molecular flexibility index (Phi) is 2.82. The molecule has 0 radical (unpaired) electrons. The van der Waals surface area contributed by atoms with Crippen LogP contribution in [0.5, 0.6) is 0 Å². The summed E-state index contributed by atoms with van der Waals surface area (Å²) in [4.78, 5) is 2.41. The van der Waals surface area contributed by atoms with Crippen LogP contribution in [-0.2, 0) is 0 Å². The lowest BCUT2D eigenvalue weighted by Crippen LogP contribution is -2.19. The maximum Gasteiger partial charge on any atom is 0.123 e. The Balaban J connectivity index is 2.09. The number of hydrogen-bond acceptors (Lipinski definition) is 1.